The number of hydrogen-bond donors (Lipinski definition) is 1. The number of benzene rings is 1. The van der Waals surface area contributed by atoms with Crippen LogP contribution in [0.3, 0.4) is 0 Å². The standard InChI is InChI=1S/C17H27N3O2S/c1-11-7-15-13(8-14(11)19-5)12(2)9-17(3,4)20(15)16(10-18)23(6,21)22/h7-8,12,16H,5,9-10,18H2,1-4,6H3. The van der Waals surface area contributed by atoms with Crippen LogP contribution in [-0.4, -0.2) is 38.8 Å². The third kappa shape index (κ3) is 3.15. The van der Waals surface area contributed by atoms with Crippen molar-refractivity contribution in [2.45, 2.75) is 50.9 Å². The van der Waals surface area contributed by atoms with E-state index in [9.17, 15) is 8.42 Å². The maximum absolute atomic E-state index is 12.3. The highest BCUT2D eigenvalue weighted by Gasteiger charge is 2.43. The van der Waals surface area contributed by atoms with Crippen molar-refractivity contribution in [2.24, 2.45) is 10.7 Å². The lowest BCUT2D eigenvalue weighted by molar-refractivity contribution is 0.366. The first-order valence-electron chi connectivity index (χ1n) is 7.82. The Labute approximate surface area is 139 Å². The van der Waals surface area contributed by atoms with Gasteiger partial charge in [0.1, 0.15) is 5.37 Å². The Hall–Kier alpha value is -1.40. The first kappa shape index (κ1) is 17.9. The zero-order chi connectivity index (χ0) is 17.6. The van der Waals surface area contributed by atoms with Gasteiger partial charge in [0, 0.05) is 24.0 Å². The molecular formula is C17H27N3O2S. The molecule has 0 fully saturated rings. The molecule has 0 saturated carbocycles. The van der Waals surface area contributed by atoms with Crippen LogP contribution in [0.2, 0.25) is 0 Å². The summed E-state index contributed by atoms with van der Waals surface area (Å²) in [4.78, 5) is 6.06. The third-order valence-corrected chi connectivity index (χ3v) is 6.14. The van der Waals surface area contributed by atoms with Crippen LogP contribution >= 0.6 is 0 Å². The van der Waals surface area contributed by atoms with Gasteiger partial charge in [-0.2, -0.15) is 0 Å². The molecule has 0 amide bonds. The summed E-state index contributed by atoms with van der Waals surface area (Å²) in [5.41, 5.74) is 9.44. The van der Waals surface area contributed by atoms with Crippen LogP contribution in [0.15, 0.2) is 17.1 Å². The van der Waals surface area contributed by atoms with E-state index >= 15 is 0 Å². The minimum Gasteiger partial charge on any atom is -0.348 e. The van der Waals surface area contributed by atoms with Gasteiger partial charge >= 0.3 is 0 Å². The molecule has 0 aliphatic carbocycles. The predicted octanol–water partition coefficient (Wildman–Crippen LogP) is 2.75. The zero-order valence-electron chi connectivity index (χ0n) is 14.6. The molecule has 0 saturated heterocycles. The minimum atomic E-state index is -3.31. The number of nitrogens with zero attached hydrogens (tertiary/aromatic N) is 2. The highest BCUT2D eigenvalue weighted by Crippen LogP contribution is 2.46. The number of aliphatic imine (C=N–C) groups is 1. The van der Waals surface area contributed by atoms with Crippen molar-refractivity contribution in [3.8, 4) is 0 Å². The van der Waals surface area contributed by atoms with E-state index in [1.165, 1.54) is 6.26 Å². The monoisotopic (exact) mass is 337 g/mol. The Bertz CT molecular complexity index is 726. The average molecular weight is 337 g/mol. The fourth-order valence-electron chi connectivity index (χ4n) is 3.77. The van der Waals surface area contributed by atoms with Crippen molar-refractivity contribution in [1.29, 1.82) is 0 Å². The maximum atomic E-state index is 12.3. The van der Waals surface area contributed by atoms with Crippen molar-refractivity contribution in [2.75, 3.05) is 17.7 Å². The van der Waals surface area contributed by atoms with Crippen LogP contribution < -0.4 is 10.6 Å². The smallest absolute Gasteiger partial charge is 0.169 e. The lowest BCUT2D eigenvalue weighted by Crippen LogP contribution is -2.58. The van der Waals surface area contributed by atoms with E-state index in [0.717, 1.165) is 28.9 Å². The van der Waals surface area contributed by atoms with Crippen molar-refractivity contribution in [3.63, 3.8) is 0 Å². The van der Waals surface area contributed by atoms with Crippen molar-refractivity contribution in [3.05, 3.63) is 23.3 Å². The average Bonchev–Trinajstić information content (AvgIpc) is 2.40. The van der Waals surface area contributed by atoms with E-state index in [0.29, 0.717) is 5.92 Å². The Morgan fingerprint density at radius 2 is 2.09 bits per heavy atom. The summed E-state index contributed by atoms with van der Waals surface area (Å²) in [5.74, 6) is 0.315. The van der Waals surface area contributed by atoms with Gasteiger partial charge in [-0.3, -0.25) is 4.99 Å². The van der Waals surface area contributed by atoms with Gasteiger partial charge in [-0.1, -0.05) is 6.92 Å². The molecule has 1 aromatic rings. The van der Waals surface area contributed by atoms with Gasteiger partial charge in [0.2, 0.25) is 0 Å². The molecule has 1 heterocycles. The van der Waals surface area contributed by atoms with Crippen LogP contribution in [0.5, 0.6) is 0 Å². The molecule has 0 aromatic heterocycles. The van der Waals surface area contributed by atoms with Gasteiger partial charge < -0.3 is 10.6 Å². The van der Waals surface area contributed by atoms with E-state index in [2.05, 4.69) is 32.5 Å². The van der Waals surface area contributed by atoms with Gasteiger partial charge in [0.25, 0.3) is 0 Å². The van der Waals surface area contributed by atoms with Crippen LogP contribution in [0, 0.1) is 6.92 Å². The van der Waals surface area contributed by atoms with Gasteiger partial charge in [-0.05, 0) is 63.1 Å². The number of anilines is 1. The number of sulfone groups is 1. The summed E-state index contributed by atoms with van der Waals surface area (Å²) in [6.45, 7) is 12.0. The molecule has 6 heteroatoms. The summed E-state index contributed by atoms with van der Waals surface area (Å²) in [6, 6.07) is 4.05. The molecular weight excluding hydrogens is 310 g/mol. The largest absolute Gasteiger partial charge is 0.348 e. The van der Waals surface area contributed by atoms with E-state index in [1.807, 2.05) is 24.0 Å². The van der Waals surface area contributed by atoms with E-state index in [-0.39, 0.29) is 12.1 Å². The minimum absolute atomic E-state index is 0.0661. The quantitative estimate of drug-likeness (QED) is 0.857. The second-order valence-electron chi connectivity index (χ2n) is 7.16. The Morgan fingerprint density at radius 1 is 1.48 bits per heavy atom. The summed E-state index contributed by atoms with van der Waals surface area (Å²) in [7, 11) is -3.31. The van der Waals surface area contributed by atoms with Crippen molar-refractivity contribution in [1.82, 2.24) is 0 Å². The van der Waals surface area contributed by atoms with Crippen LogP contribution in [-0.2, 0) is 9.84 Å². The molecule has 1 aliphatic heterocycles. The fraction of sp³-hybridized carbons (Fsp3) is 0.588. The van der Waals surface area contributed by atoms with Crippen molar-refractivity contribution >= 4 is 27.9 Å². The summed E-state index contributed by atoms with van der Waals surface area (Å²) >= 11 is 0. The molecule has 0 radical (unpaired) electrons. The van der Waals surface area contributed by atoms with Gasteiger partial charge in [0.05, 0.1) is 5.69 Å². The topological polar surface area (TPSA) is 75.8 Å². The van der Waals surface area contributed by atoms with Crippen LogP contribution in [0.4, 0.5) is 11.4 Å². The first-order valence-corrected chi connectivity index (χ1v) is 9.78. The molecule has 0 bridgehead atoms. The SMILES string of the molecule is C=Nc1cc2c(cc1C)N(C(CN)S(C)(=O)=O)C(C)(C)CC2C. The fourth-order valence-corrected chi connectivity index (χ4v) is 4.90. The number of nitrogens with two attached hydrogens (primary N) is 1. The number of hydrogen-bond acceptors (Lipinski definition) is 5. The summed E-state index contributed by atoms with van der Waals surface area (Å²) in [5, 5.41) is -0.731. The highest BCUT2D eigenvalue weighted by molar-refractivity contribution is 7.91. The van der Waals surface area contributed by atoms with E-state index in [4.69, 9.17) is 5.73 Å². The molecule has 5 nitrogen and oxygen atoms in total. The van der Waals surface area contributed by atoms with Crippen molar-refractivity contribution < 1.29 is 8.42 Å². The zero-order valence-corrected chi connectivity index (χ0v) is 15.4. The number of fused-ring (bicyclic) bond motifs is 1. The molecule has 0 spiro atoms. The van der Waals surface area contributed by atoms with Gasteiger partial charge in [-0.25, -0.2) is 8.42 Å². The normalized spacial score (nSPS) is 21.7. The molecule has 2 atom stereocenters. The number of aryl methyl sites for hydroxylation is 1. The molecule has 2 unspecified atom stereocenters. The summed E-state index contributed by atoms with van der Waals surface area (Å²) in [6.07, 6.45) is 2.11. The highest BCUT2D eigenvalue weighted by atomic mass is 32.2. The molecule has 1 aliphatic rings. The van der Waals surface area contributed by atoms with E-state index in [1.54, 1.807) is 0 Å². The maximum Gasteiger partial charge on any atom is 0.169 e. The van der Waals surface area contributed by atoms with Gasteiger partial charge in [0.15, 0.2) is 9.84 Å². The molecule has 2 rings (SSSR count). The summed E-state index contributed by atoms with van der Waals surface area (Å²) < 4.78 is 24.6. The lowest BCUT2D eigenvalue weighted by Gasteiger charge is -2.50. The second-order valence-corrected chi connectivity index (χ2v) is 9.37. The van der Waals surface area contributed by atoms with Crippen LogP contribution in [0.25, 0.3) is 0 Å². The lowest BCUT2D eigenvalue weighted by atomic mass is 9.79. The van der Waals surface area contributed by atoms with Crippen LogP contribution in [0.1, 0.15) is 44.2 Å². The second kappa shape index (κ2) is 5.91. The Kier molecular flexibility index (Phi) is 4.61. The first-order chi connectivity index (χ1) is 10.5. The number of rotatable bonds is 4. The predicted molar refractivity (Wildman–Crippen MR) is 97.7 cm³/mol. The Morgan fingerprint density at radius 3 is 2.57 bits per heavy atom. The van der Waals surface area contributed by atoms with E-state index < -0.39 is 15.2 Å². The molecule has 128 valence electrons. The third-order valence-electron chi connectivity index (χ3n) is 4.75. The Balaban J connectivity index is 2.74. The molecule has 2 N–H and O–H groups in total. The van der Waals surface area contributed by atoms with Gasteiger partial charge in [-0.15, -0.1) is 0 Å². The molecule has 1 aromatic carbocycles. The molecule has 23 heavy (non-hydrogen) atoms.